The second kappa shape index (κ2) is 7.82. The summed E-state index contributed by atoms with van der Waals surface area (Å²) in [5, 5.41) is 0.898. The molecule has 2 heteroatoms. The molecule has 1 rings (SSSR count). The molecule has 86 valence electrons. The van der Waals surface area contributed by atoms with Crippen LogP contribution < -0.4 is 5.30 Å². The van der Waals surface area contributed by atoms with Gasteiger partial charge in [0.1, 0.15) is 5.82 Å². The van der Waals surface area contributed by atoms with Crippen LogP contribution in [-0.2, 0) is 6.42 Å². The van der Waals surface area contributed by atoms with Crippen LogP contribution in [0, 0.1) is 11.7 Å². The van der Waals surface area contributed by atoms with Gasteiger partial charge in [0.05, 0.1) is 0 Å². The Morgan fingerprint density at radius 3 is 2.13 bits per heavy atom. The Balaban J connectivity index is 0.000000336. The summed E-state index contributed by atoms with van der Waals surface area (Å²) in [5.41, 5.74) is 0.784. The Morgan fingerprint density at radius 1 is 1.27 bits per heavy atom. The van der Waals surface area contributed by atoms with Gasteiger partial charge in [-0.15, -0.1) is 9.24 Å². The molecule has 0 N–H and O–H groups in total. The normalized spacial score (nSPS) is 9.80. The first kappa shape index (κ1) is 14.6. The molecule has 0 fully saturated rings. The van der Waals surface area contributed by atoms with Crippen LogP contribution in [0.4, 0.5) is 4.39 Å². The van der Waals surface area contributed by atoms with Gasteiger partial charge in [0.25, 0.3) is 0 Å². The Morgan fingerprint density at radius 2 is 1.80 bits per heavy atom. The summed E-state index contributed by atoms with van der Waals surface area (Å²) in [6.07, 6.45) is 2.07. The molecule has 15 heavy (non-hydrogen) atoms. The molecule has 0 spiro atoms. The third-order valence-electron chi connectivity index (χ3n) is 2.27. The molecule has 0 saturated heterocycles. The summed E-state index contributed by atoms with van der Waals surface area (Å²) in [6, 6.07) is 5.24. The molecule has 1 unspecified atom stereocenters. The summed E-state index contributed by atoms with van der Waals surface area (Å²) in [6.45, 7) is 8.59. The first-order valence-electron chi connectivity index (χ1n) is 5.55. The zero-order valence-electron chi connectivity index (χ0n) is 10.2. The van der Waals surface area contributed by atoms with Gasteiger partial charge in [-0.1, -0.05) is 46.2 Å². The van der Waals surface area contributed by atoms with Gasteiger partial charge < -0.3 is 0 Å². The van der Waals surface area contributed by atoms with Crippen molar-refractivity contribution >= 4 is 14.5 Å². The van der Waals surface area contributed by atoms with Gasteiger partial charge in [0.15, 0.2) is 0 Å². The van der Waals surface area contributed by atoms with Gasteiger partial charge in [-0.2, -0.15) is 0 Å². The first-order valence-corrected chi connectivity index (χ1v) is 6.12. The molecule has 1 aromatic rings. The molecule has 0 aliphatic rings. The van der Waals surface area contributed by atoms with Crippen molar-refractivity contribution in [1.82, 2.24) is 0 Å². The molecule has 0 aliphatic heterocycles. The lowest BCUT2D eigenvalue weighted by Crippen LogP contribution is -1.95. The van der Waals surface area contributed by atoms with Crippen LogP contribution >= 0.6 is 9.24 Å². The molecule has 0 amide bonds. The number of hydrogen-bond donors (Lipinski definition) is 0. The van der Waals surface area contributed by atoms with Crippen LogP contribution in [0.25, 0.3) is 0 Å². The zero-order valence-corrected chi connectivity index (χ0v) is 11.3. The summed E-state index contributed by atoms with van der Waals surface area (Å²) in [5.74, 6) is 0.782. The Labute approximate surface area is 95.5 Å². The van der Waals surface area contributed by atoms with Crippen molar-refractivity contribution < 1.29 is 4.39 Å². The van der Waals surface area contributed by atoms with Gasteiger partial charge >= 0.3 is 0 Å². The van der Waals surface area contributed by atoms with E-state index in [1.54, 1.807) is 0 Å². The lowest BCUT2D eigenvalue weighted by atomic mass is 10.2. The summed E-state index contributed by atoms with van der Waals surface area (Å²) >= 11 is 0. The van der Waals surface area contributed by atoms with Gasteiger partial charge in [-0.25, -0.2) is 4.39 Å². The monoisotopic (exact) mass is 228 g/mol. The molecule has 0 heterocycles. The molecule has 0 aromatic heterocycles. The highest BCUT2D eigenvalue weighted by Crippen LogP contribution is 2.06. The van der Waals surface area contributed by atoms with E-state index in [0.29, 0.717) is 0 Å². The number of rotatable bonds is 2. The summed E-state index contributed by atoms with van der Waals surface area (Å²) in [4.78, 5) is 0. The van der Waals surface area contributed by atoms with E-state index in [-0.39, 0.29) is 5.82 Å². The van der Waals surface area contributed by atoms with E-state index >= 15 is 0 Å². The van der Waals surface area contributed by atoms with E-state index in [4.69, 9.17) is 0 Å². The van der Waals surface area contributed by atoms with Gasteiger partial charge in [0.2, 0.25) is 0 Å². The van der Waals surface area contributed by atoms with Crippen molar-refractivity contribution in [3.8, 4) is 0 Å². The van der Waals surface area contributed by atoms with Crippen LogP contribution in [0.1, 0.15) is 39.7 Å². The van der Waals surface area contributed by atoms with Crippen molar-refractivity contribution in [2.75, 3.05) is 0 Å². The lowest BCUT2D eigenvalue weighted by Gasteiger charge is -1.98. The Kier molecular flexibility index (Phi) is 7.60. The zero-order chi connectivity index (χ0) is 11.8. The molecule has 0 saturated carbocycles. The van der Waals surface area contributed by atoms with E-state index < -0.39 is 0 Å². The molecule has 1 aromatic carbocycles. The van der Waals surface area contributed by atoms with Crippen molar-refractivity contribution in [3.63, 3.8) is 0 Å². The summed E-state index contributed by atoms with van der Waals surface area (Å²) < 4.78 is 12.8. The average molecular weight is 228 g/mol. The van der Waals surface area contributed by atoms with Crippen molar-refractivity contribution in [2.24, 2.45) is 5.92 Å². The van der Waals surface area contributed by atoms with Crippen LogP contribution in [0.15, 0.2) is 18.2 Å². The molecular weight excluding hydrogens is 206 g/mol. The minimum atomic E-state index is -0.102. The quantitative estimate of drug-likeness (QED) is 0.672. The maximum absolute atomic E-state index is 12.8. The maximum atomic E-state index is 12.8. The van der Waals surface area contributed by atoms with Gasteiger partial charge in [0, 0.05) is 0 Å². The molecule has 0 aliphatic carbocycles. The second-order valence-electron chi connectivity index (χ2n) is 4.01. The van der Waals surface area contributed by atoms with Crippen LogP contribution in [0.3, 0.4) is 0 Å². The number of aryl methyl sites for hydroxylation is 1. The van der Waals surface area contributed by atoms with E-state index in [1.807, 2.05) is 19.1 Å². The first-order chi connectivity index (χ1) is 7.01. The minimum Gasteiger partial charge on any atom is -0.207 e. The molecule has 0 radical (unpaired) electrons. The van der Waals surface area contributed by atoms with E-state index in [0.717, 1.165) is 23.2 Å². The standard InChI is InChI=1S/C8H10FP.C5H12/c1-2-6-3-4-7(10)5-8(6)9;1-4-5(2)3/h3-5H,2,10H2,1H3;5H,4H2,1-3H3. The van der Waals surface area contributed by atoms with Crippen LogP contribution in [0.2, 0.25) is 0 Å². The predicted molar refractivity (Wildman–Crippen MR) is 70.3 cm³/mol. The van der Waals surface area contributed by atoms with Crippen molar-refractivity contribution in [1.29, 1.82) is 0 Å². The average Bonchev–Trinajstić information content (AvgIpc) is 2.19. The van der Waals surface area contributed by atoms with Crippen LogP contribution in [-0.4, -0.2) is 0 Å². The smallest absolute Gasteiger partial charge is 0.127 e. The van der Waals surface area contributed by atoms with Crippen LogP contribution in [0.5, 0.6) is 0 Å². The fourth-order valence-electron chi connectivity index (χ4n) is 0.850. The lowest BCUT2D eigenvalue weighted by molar-refractivity contribution is 0.613. The molecule has 0 nitrogen and oxygen atoms in total. The highest BCUT2D eigenvalue weighted by molar-refractivity contribution is 7.27. The van der Waals surface area contributed by atoms with E-state index in [2.05, 4.69) is 30.0 Å². The van der Waals surface area contributed by atoms with E-state index in [1.165, 1.54) is 12.5 Å². The topological polar surface area (TPSA) is 0 Å². The van der Waals surface area contributed by atoms with Crippen molar-refractivity contribution in [2.45, 2.75) is 40.5 Å². The third-order valence-corrected chi connectivity index (χ3v) is 2.63. The predicted octanol–water partition coefficient (Wildman–Crippen LogP) is 3.94. The second-order valence-corrected chi connectivity index (χ2v) is 4.67. The van der Waals surface area contributed by atoms with Gasteiger partial charge in [-0.05, 0) is 29.3 Å². The largest absolute Gasteiger partial charge is 0.207 e. The highest BCUT2D eigenvalue weighted by Gasteiger charge is 1.97. The number of hydrogen-bond acceptors (Lipinski definition) is 0. The van der Waals surface area contributed by atoms with Crippen molar-refractivity contribution in [3.05, 3.63) is 29.6 Å². The Bertz CT molecular complexity index is 282. The SMILES string of the molecule is CCC(C)C.CCc1ccc(P)cc1F. The third kappa shape index (κ3) is 6.62. The minimum absolute atomic E-state index is 0.102. The molecular formula is C13H22FP. The summed E-state index contributed by atoms with van der Waals surface area (Å²) in [7, 11) is 2.47. The van der Waals surface area contributed by atoms with E-state index in [9.17, 15) is 4.39 Å². The number of halogens is 1. The maximum Gasteiger partial charge on any atom is 0.127 e. The number of benzene rings is 1. The fraction of sp³-hybridized carbons (Fsp3) is 0.538. The van der Waals surface area contributed by atoms with Gasteiger partial charge in [-0.3, -0.25) is 0 Å². The highest BCUT2D eigenvalue weighted by atomic mass is 31.0. The molecule has 1 atom stereocenters. The molecule has 0 bridgehead atoms. The Hall–Kier alpha value is -0.420. The fourth-order valence-corrected chi connectivity index (χ4v) is 1.09.